The van der Waals surface area contributed by atoms with Crippen LogP contribution in [0.25, 0.3) is 0 Å². The van der Waals surface area contributed by atoms with Crippen LogP contribution in [-0.4, -0.2) is 56.7 Å². The van der Waals surface area contributed by atoms with Crippen molar-refractivity contribution in [1.29, 1.82) is 0 Å². The molecule has 30 heavy (non-hydrogen) atoms. The van der Waals surface area contributed by atoms with Gasteiger partial charge in [0.25, 0.3) is 0 Å². The zero-order chi connectivity index (χ0) is 23.7. The molecule has 2 aromatic carbocycles. The van der Waals surface area contributed by atoms with Crippen molar-refractivity contribution in [2.24, 2.45) is 0 Å². The molecular formula is C20H32BFN2O4S2. The third-order valence-corrected chi connectivity index (χ3v) is 9.39. The molecule has 0 spiro atoms. The fraction of sp³-hybridized carbons (Fsp3) is 0.400. The summed E-state index contributed by atoms with van der Waals surface area (Å²) >= 11 is 0. The average molecular weight is 458 g/mol. The van der Waals surface area contributed by atoms with Crippen LogP contribution in [0, 0.1) is 13.8 Å². The van der Waals surface area contributed by atoms with Crippen LogP contribution in [0.2, 0.25) is 0 Å². The maximum Gasteiger partial charge on any atom is 0.187 e. The molecule has 0 radical (unpaired) electrons. The molecule has 0 heterocycles. The van der Waals surface area contributed by atoms with Crippen LogP contribution >= 0.6 is 0 Å². The molecule has 0 amide bonds. The molecule has 6 nitrogen and oxygen atoms in total. The van der Waals surface area contributed by atoms with Gasteiger partial charge in [0.15, 0.2) is 30.0 Å². The van der Waals surface area contributed by atoms with Crippen molar-refractivity contribution in [3.8, 4) is 0 Å². The van der Waals surface area contributed by atoms with Gasteiger partial charge >= 0.3 is 0 Å². The van der Waals surface area contributed by atoms with Gasteiger partial charge in [0.1, 0.15) is 19.9 Å². The van der Waals surface area contributed by atoms with Gasteiger partial charge in [-0.25, -0.2) is 0 Å². The maximum absolute atomic E-state index is 12.1. The Morgan fingerprint density at radius 3 is 1.07 bits per heavy atom. The quantitative estimate of drug-likeness (QED) is 0.514. The maximum atomic E-state index is 12.1. The molecule has 168 valence electrons. The molecular weight excluding hydrogens is 426 g/mol. The predicted octanol–water partition coefficient (Wildman–Crippen LogP) is 1.58. The number of benzene rings is 2. The summed E-state index contributed by atoms with van der Waals surface area (Å²) in [7, 11) is 0.155. The van der Waals surface area contributed by atoms with Gasteiger partial charge in [0.2, 0.25) is 0 Å². The summed E-state index contributed by atoms with van der Waals surface area (Å²) in [6.07, 6.45) is 3.52. The Hall–Kier alpha value is -1.43. The van der Waals surface area contributed by atoms with Crippen molar-refractivity contribution in [2.75, 3.05) is 40.7 Å². The highest BCUT2D eigenvalue weighted by Crippen LogP contribution is 2.19. The van der Waals surface area contributed by atoms with Crippen LogP contribution in [0.5, 0.6) is 0 Å². The lowest BCUT2D eigenvalue weighted by Gasteiger charge is -2.12. The Kier molecular flexibility index (Phi) is 11.8. The van der Waals surface area contributed by atoms with Gasteiger partial charge in [-0.2, -0.15) is 0 Å². The number of halogens is 1. The fourth-order valence-corrected chi connectivity index (χ4v) is 4.13. The molecule has 10 heteroatoms. The normalized spacial score (nSPS) is 14.6. The molecule has 0 aliphatic heterocycles. The second-order valence-corrected chi connectivity index (χ2v) is 12.7. The smallest absolute Gasteiger partial charge is 0.187 e. The molecule has 0 aromatic heterocycles. The lowest BCUT2D eigenvalue weighted by atomic mass is 10.2. The SMILES string of the molecule is Cc1ccc([S+](C)(=O)N(C)C)cc1.Cc1ccc([S+](C)(=O)N(C)C)cc1.[O-]B([O-])F. The van der Waals surface area contributed by atoms with E-state index in [1.165, 1.54) is 11.1 Å². The van der Waals surface area contributed by atoms with Crippen LogP contribution in [0.15, 0.2) is 58.3 Å². The van der Waals surface area contributed by atoms with Gasteiger partial charge < -0.3 is 14.4 Å². The molecule has 0 N–H and O–H groups in total. The van der Waals surface area contributed by atoms with Crippen LogP contribution in [0.3, 0.4) is 0 Å². The van der Waals surface area contributed by atoms with E-state index in [0.717, 1.165) is 9.79 Å². The lowest BCUT2D eigenvalue weighted by molar-refractivity contribution is -0.366. The fourth-order valence-electron chi connectivity index (χ4n) is 2.00. The number of nitrogens with zero attached hydrogens (tertiary/aromatic N) is 2. The molecule has 0 fully saturated rings. The summed E-state index contributed by atoms with van der Waals surface area (Å²) in [5.41, 5.74) is 2.38. The van der Waals surface area contributed by atoms with E-state index < -0.39 is 27.6 Å². The monoisotopic (exact) mass is 458 g/mol. The average Bonchev–Trinajstić information content (AvgIpc) is 2.62. The van der Waals surface area contributed by atoms with Crippen LogP contribution in [0.1, 0.15) is 11.1 Å². The Morgan fingerprint density at radius 1 is 0.700 bits per heavy atom. The predicted molar refractivity (Wildman–Crippen MR) is 121 cm³/mol. The van der Waals surface area contributed by atoms with Gasteiger partial charge in [0, 0.05) is 28.2 Å². The number of hydrogen-bond donors (Lipinski definition) is 0. The molecule has 2 aromatic rings. The molecule has 0 bridgehead atoms. The minimum absolute atomic E-state index is 0.892. The van der Waals surface area contributed by atoms with E-state index in [9.17, 15) is 12.7 Å². The van der Waals surface area contributed by atoms with Crippen LogP contribution in [-0.2, 0) is 28.7 Å². The molecule has 2 unspecified atom stereocenters. The summed E-state index contributed by atoms with van der Waals surface area (Å²) in [4.78, 5) is 1.78. The van der Waals surface area contributed by atoms with Gasteiger partial charge in [0.05, 0.1) is 0 Å². The molecule has 0 aliphatic rings. The first-order valence-electron chi connectivity index (χ1n) is 9.04. The van der Waals surface area contributed by atoms with Crippen molar-refractivity contribution < 1.29 is 22.8 Å². The van der Waals surface area contributed by atoms with E-state index >= 15 is 0 Å². The third-order valence-electron chi connectivity index (χ3n) is 4.31. The summed E-state index contributed by atoms with van der Waals surface area (Å²) in [6, 6.07) is 15.7. The van der Waals surface area contributed by atoms with Crippen LogP contribution < -0.4 is 10.0 Å². The molecule has 0 saturated carbocycles. The minimum Gasteiger partial charge on any atom is -0.867 e. The summed E-state index contributed by atoms with van der Waals surface area (Å²) in [5.74, 6) is 0. The van der Waals surface area contributed by atoms with Crippen molar-refractivity contribution in [2.45, 2.75) is 23.6 Å². The standard InChI is InChI=1S/2C10H16NOS.BFO2/c2*1-9-5-7-10(8-6-9)13(4,12)11(2)3;2-1(3)4/h2*5-8H,1-4H3;/q2*+1;-2. The minimum atomic E-state index is -3.17. The Bertz CT molecular complexity index is 788. The van der Waals surface area contributed by atoms with E-state index in [-0.39, 0.29) is 0 Å². The first-order valence-corrected chi connectivity index (χ1v) is 12.9. The zero-order valence-electron chi connectivity index (χ0n) is 18.9. The molecule has 0 aliphatic carbocycles. The van der Waals surface area contributed by atoms with Gasteiger partial charge in [-0.05, 0) is 38.1 Å². The largest absolute Gasteiger partial charge is 0.867 e. The topological polar surface area (TPSA) is 86.7 Å². The van der Waals surface area contributed by atoms with E-state index in [4.69, 9.17) is 10.0 Å². The summed E-state index contributed by atoms with van der Waals surface area (Å²) < 4.78 is 37.7. The van der Waals surface area contributed by atoms with Crippen molar-refractivity contribution in [3.05, 3.63) is 59.7 Å². The Balaban J connectivity index is 0.000000477. The van der Waals surface area contributed by atoms with E-state index in [1.807, 2.05) is 90.6 Å². The van der Waals surface area contributed by atoms with Crippen molar-refractivity contribution in [3.63, 3.8) is 0 Å². The van der Waals surface area contributed by atoms with Crippen LogP contribution in [0.4, 0.5) is 4.32 Å². The zero-order valence-corrected chi connectivity index (χ0v) is 20.6. The Labute approximate surface area is 183 Å². The second kappa shape index (κ2) is 12.4. The van der Waals surface area contributed by atoms with E-state index in [1.54, 1.807) is 21.1 Å². The highest BCUT2D eigenvalue weighted by Gasteiger charge is 2.28. The van der Waals surface area contributed by atoms with Gasteiger partial charge in [-0.3, -0.25) is 0 Å². The summed E-state index contributed by atoms with van der Waals surface area (Å²) in [5, 5.41) is 16.6. The number of hydrogen-bond acceptors (Lipinski definition) is 4. The van der Waals surface area contributed by atoms with Crippen molar-refractivity contribution >= 4 is 27.6 Å². The second-order valence-electron chi connectivity index (χ2n) is 7.13. The number of aryl methyl sites for hydroxylation is 2. The van der Waals surface area contributed by atoms with Crippen molar-refractivity contribution in [1.82, 2.24) is 8.61 Å². The number of rotatable bonds is 4. The molecule has 2 atom stereocenters. The molecule has 0 saturated heterocycles. The highest BCUT2D eigenvalue weighted by atomic mass is 32.3. The third kappa shape index (κ3) is 9.59. The first kappa shape index (κ1) is 28.6. The summed E-state index contributed by atoms with van der Waals surface area (Å²) in [6.45, 7) is 4.05. The molecule has 2 rings (SSSR count). The lowest BCUT2D eigenvalue weighted by Crippen LogP contribution is -2.39. The van der Waals surface area contributed by atoms with E-state index in [0.29, 0.717) is 0 Å². The van der Waals surface area contributed by atoms with Gasteiger partial charge in [-0.15, -0.1) is 8.61 Å². The first-order chi connectivity index (χ1) is 13.6. The Morgan fingerprint density at radius 2 is 0.900 bits per heavy atom. The van der Waals surface area contributed by atoms with E-state index in [2.05, 4.69) is 0 Å². The highest BCUT2D eigenvalue weighted by molar-refractivity contribution is 8.00. The van der Waals surface area contributed by atoms with Gasteiger partial charge in [-0.1, -0.05) is 43.8 Å².